The number of nitrogens with one attached hydrogen (secondary N) is 1. The lowest BCUT2D eigenvalue weighted by Crippen LogP contribution is -2.17. The van der Waals surface area contributed by atoms with Gasteiger partial charge in [0.25, 0.3) is 0 Å². The molecular formula is C36H44N2. The van der Waals surface area contributed by atoms with Crippen molar-refractivity contribution in [1.29, 1.82) is 0 Å². The average Bonchev–Trinajstić information content (AvgIpc) is 2.84. The van der Waals surface area contributed by atoms with Crippen LogP contribution >= 0.6 is 0 Å². The molecule has 4 rings (SSSR count). The predicted octanol–water partition coefficient (Wildman–Crippen LogP) is 10.2. The summed E-state index contributed by atoms with van der Waals surface area (Å²) in [4.78, 5) is 0. The van der Waals surface area contributed by atoms with E-state index in [1.807, 2.05) is 18.2 Å². The van der Waals surface area contributed by atoms with Gasteiger partial charge in [-0.1, -0.05) is 123 Å². The SMILES string of the molecule is CC(C)(C)c1cc(-c2cc(C(C)(C)C)cc(-c3ccccc3)c2Nc2ccccc2N)cc(C(C)(C)C)c1. The number of hydrogen-bond acceptors (Lipinski definition) is 2. The molecule has 0 amide bonds. The molecule has 0 aliphatic heterocycles. The lowest BCUT2D eigenvalue weighted by atomic mass is 9.77. The van der Waals surface area contributed by atoms with Crippen LogP contribution in [-0.4, -0.2) is 0 Å². The predicted molar refractivity (Wildman–Crippen MR) is 168 cm³/mol. The highest BCUT2D eigenvalue weighted by Crippen LogP contribution is 2.45. The monoisotopic (exact) mass is 504 g/mol. The molecule has 3 N–H and O–H groups in total. The maximum Gasteiger partial charge on any atom is 0.0618 e. The highest BCUT2D eigenvalue weighted by Gasteiger charge is 2.25. The summed E-state index contributed by atoms with van der Waals surface area (Å²) in [5.74, 6) is 0. The highest BCUT2D eigenvalue weighted by molar-refractivity contribution is 5.95. The Morgan fingerprint density at radius 1 is 0.500 bits per heavy atom. The Bertz CT molecular complexity index is 1390. The molecule has 0 saturated heterocycles. The van der Waals surface area contributed by atoms with Gasteiger partial charge in [0.1, 0.15) is 0 Å². The van der Waals surface area contributed by atoms with Gasteiger partial charge in [-0.2, -0.15) is 0 Å². The second-order valence-electron chi connectivity index (χ2n) is 13.6. The molecule has 4 aromatic carbocycles. The van der Waals surface area contributed by atoms with Crippen molar-refractivity contribution in [2.45, 2.75) is 78.6 Å². The molecular weight excluding hydrogens is 460 g/mol. The van der Waals surface area contributed by atoms with Crippen molar-refractivity contribution < 1.29 is 0 Å². The molecule has 38 heavy (non-hydrogen) atoms. The van der Waals surface area contributed by atoms with Crippen LogP contribution in [0.25, 0.3) is 22.3 Å². The minimum absolute atomic E-state index is 0.0168. The normalized spacial score (nSPS) is 12.4. The first kappa shape index (κ1) is 27.5. The van der Waals surface area contributed by atoms with Crippen LogP contribution in [0.1, 0.15) is 79.0 Å². The van der Waals surface area contributed by atoms with Crippen molar-refractivity contribution in [3.05, 3.63) is 102 Å². The van der Waals surface area contributed by atoms with Gasteiger partial charge in [0, 0.05) is 11.1 Å². The fourth-order valence-corrected chi connectivity index (χ4v) is 4.68. The Labute approximate surface area is 230 Å². The van der Waals surface area contributed by atoms with E-state index in [9.17, 15) is 0 Å². The summed E-state index contributed by atoms with van der Waals surface area (Å²) in [6, 6.07) is 30.6. The second kappa shape index (κ2) is 9.98. The quantitative estimate of drug-likeness (QED) is 0.271. The van der Waals surface area contributed by atoms with E-state index >= 15 is 0 Å². The Balaban J connectivity index is 2.12. The summed E-state index contributed by atoms with van der Waals surface area (Å²) in [6.07, 6.45) is 0. The van der Waals surface area contributed by atoms with Crippen LogP contribution in [0.4, 0.5) is 17.1 Å². The minimum atomic E-state index is -0.0168. The summed E-state index contributed by atoms with van der Waals surface area (Å²) in [7, 11) is 0. The molecule has 0 spiro atoms. The number of nitrogens with two attached hydrogens (primary N) is 1. The Hall–Kier alpha value is -3.52. The van der Waals surface area contributed by atoms with E-state index in [2.05, 4.69) is 134 Å². The van der Waals surface area contributed by atoms with E-state index in [1.54, 1.807) is 0 Å². The summed E-state index contributed by atoms with van der Waals surface area (Å²) >= 11 is 0. The molecule has 198 valence electrons. The largest absolute Gasteiger partial charge is 0.397 e. The van der Waals surface area contributed by atoms with E-state index in [4.69, 9.17) is 5.73 Å². The zero-order valence-electron chi connectivity index (χ0n) is 24.7. The number of hydrogen-bond donors (Lipinski definition) is 2. The molecule has 0 fully saturated rings. The standard InChI is InChI=1S/C36H44N2/c1-34(2,3)26-19-25(20-27(21-26)35(4,5)6)30-23-28(36(7,8)9)22-29(24-15-11-10-12-16-24)33(30)38-32-18-14-13-17-31(32)37/h10-23,38H,37H2,1-9H3. The minimum Gasteiger partial charge on any atom is -0.397 e. The van der Waals surface area contributed by atoms with Crippen LogP contribution in [0, 0.1) is 0 Å². The van der Waals surface area contributed by atoms with E-state index in [-0.39, 0.29) is 16.2 Å². The molecule has 0 aliphatic carbocycles. The van der Waals surface area contributed by atoms with Gasteiger partial charge < -0.3 is 11.1 Å². The second-order valence-corrected chi connectivity index (χ2v) is 13.6. The molecule has 2 nitrogen and oxygen atoms in total. The van der Waals surface area contributed by atoms with Gasteiger partial charge in [-0.05, 0) is 68.3 Å². The molecule has 0 unspecified atom stereocenters. The van der Waals surface area contributed by atoms with Crippen LogP contribution in [-0.2, 0) is 16.2 Å². The maximum absolute atomic E-state index is 6.44. The van der Waals surface area contributed by atoms with Gasteiger partial charge >= 0.3 is 0 Å². The van der Waals surface area contributed by atoms with Crippen molar-refractivity contribution in [2.24, 2.45) is 0 Å². The fraction of sp³-hybridized carbons (Fsp3) is 0.333. The van der Waals surface area contributed by atoms with E-state index in [0.717, 1.165) is 17.1 Å². The first-order chi connectivity index (χ1) is 17.6. The van der Waals surface area contributed by atoms with Crippen LogP contribution in [0.2, 0.25) is 0 Å². The molecule has 0 radical (unpaired) electrons. The number of anilines is 3. The van der Waals surface area contributed by atoms with Crippen molar-refractivity contribution in [3.63, 3.8) is 0 Å². The third-order valence-corrected chi connectivity index (χ3v) is 7.29. The highest BCUT2D eigenvalue weighted by atomic mass is 14.9. The Morgan fingerprint density at radius 3 is 1.45 bits per heavy atom. The van der Waals surface area contributed by atoms with Crippen LogP contribution in [0.15, 0.2) is 84.9 Å². The molecule has 0 aromatic heterocycles. The number of nitrogen functional groups attached to an aromatic ring is 1. The molecule has 0 bridgehead atoms. The first-order valence-electron chi connectivity index (χ1n) is 13.7. The topological polar surface area (TPSA) is 38.0 Å². The summed E-state index contributed by atoms with van der Waals surface area (Å²) in [5.41, 5.74) is 18.0. The third-order valence-electron chi connectivity index (χ3n) is 7.29. The smallest absolute Gasteiger partial charge is 0.0618 e. The van der Waals surface area contributed by atoms with Crippen molar-refractivity contribution in [3.8, 4) is 22.3 Å². The zero-order chi connectivity index (χ0) is 27.9. The van der Waals surface area contributed by atoms with E-state index < -0.39 is 0 Å². The summed E-state index contributed by atoms with van der Waals surface area (Å²) < 4.78 is 0. The van der Waals surface area contributed by atoms with Gasteiger partial charge in [-0.3, -0.25) is 0 Å². The number of para-hydroxylation sites is 2. The number of benzene rings is 4. The van der Waals surface area contributed by atoms with Gasteiger partial charge in [0.2, 0.25) is 0 Å². The van der Waals surface area contributed by atoms with Crippen molar-refractivity contribution in [2.75, 3.05) is 11.1 Å². The van der Waals surface area contributed by atoms with Crippen molar-refractivity contribution >= 4 is 17.1 Å². The number of rotatable bonds is 4. The summed E-state index contributed by atoms with van der Waals surface area (Å²) in [5, 5.41) is 3.78. The van der Waals surface area contributed by atoms with E-state index in [0.29, 0.717) is 0 Å². The van der Waals surface area contributed by atoms with Gasteiger partial charge in [0.15, 0.2) is 0 Å². The maximum atomic E-state index is 6.44. The van der Waals surface area contributed by atoms with Crippen LogP contribution < -0.4 is 11.1 Å². The molecule has 2 heteroatoms. The Morgan fingerprint density at radius 2 is 0.947 bits per heavy atom. The third kappa shape index (κ3) is 5.96. The van der Waals surface area contributed by atoms with Crippen LogP contribution in [0.5, 0.6) is 0 Å². The molecule has 0 saturated carbocycles. The van der Waals surface area contributed by atoms with Crippen molar-refractivity contribution in [1.82, 2.24) is 0 Å². The lowest BCUT2D eigenvalue weighted by molar-refractivity contribution is 0.569. The van der Waals surface area contributed by atoms with Gasteiger partial charge in [0.05, 0.1) is 17.1 Å². The average molecular weight is 505 g/mol. The fourth-order valence-electron chi connectivity index (χ4n) is 4.68. The Kier molecular flexibility index (Phi) is 7.23. The van der Waals surface area contributed by atoms with Gasteiger partial charge in [-0.15, -0.1) is 0 Å². The molecule has 0 heterocycles. The van der Waals surface area contributed by atoms with E-state index in [1.165, 1.54) is 38.9 Å². The lowest BCUT2D eigenvalue weighted by Gasteiger charge is -2.29. The molecule has 0 aliphatic rings. The molecule has 4 aromatic rings. The zero-order valence-corrected chi connectivity index (χ0v) is 24.7. The first-order valence-corrected chi connectivity index (χ1v) is 13.7. The summed E-state index contributed by atoms with van der Waals surface area (Å²) in [6.45, 7) is 20.6. The van der Waals surface area contributed by atoms with Gasteiger partial charge in [-0.25, -0.2) is 0 Å². The molecule has 0 atom stereocenters. The van der Waals surface area contributed by atoms with Crippen LogP contribution in [0.3, 0.4) is 0 Å².